The van der Waals surface area contributed by atoms with Crippen LogP contribution >= 0.6 is 0 Å². The lowest BCUT2D eigenvalue weighted by Crippen LogP contribution is -2.32. The fourth-order valence-corrected chi connectivity index (χ4v) is 4.09. The van der Waals surface area contributed by atoms with Crippen molar-refractivity contribution in [2.75, 3.05) is 20.3 Å². The van der Waals surface area contributed by atoms with Gasteiger partial charge in [-0.05, 0) is 31.4 Å². The molecule has 1 saturated heterocycles. The topological polar surface area (TPSA) is 76.8 Å². The third kappa shape index (κ3) is 6.00. The van der Waals surface area contributed by atoms with Crippen LogP contribution in [0.3, 0.4) is 0 Å². The number of nitrogens with one attached hydrogen (secondary N) is 1. The molecular formula is C26H31N3O4. The summed E-state index contributed by atoms with van der Waals surface area (Å²) in [6.45, 7) is 4.50. The smallest absolute Gasteiger partial charge is 0.273 e. The van der Waals surface area contributed by atoms with E-state index in [4.69, 9.17) is 13.9 Å². The fraction of sp³-hybridized carbons (Fsp3) is 0.385. The molecule has 174 valence electrons. The van der Waals surface area contributed by atoms with Gasteiger partial charge in [0.2, 0.25) is 5.89 Å². The third-order valence-electron chi connectivity index (χ3n) is 6.03. The van der Waals surface area contributed by atoms with Gasteiger partial charge >= 0.3 is 0 Å². The predicted octanol–water partition coefficient (Wildman–Crippen LogP) is 4.36. The van der Waals surface area contributed by atoms with Gasteiger partial charge in [0, 0.05) is 31.3 Å². The first-order chi connectivity index (χ1) is 16.1. The Labute approximate surface area is 194 Å². The van der Waals surface area contributed by atoms with E-state index in [0.29, 0.717) is 25.5 Å². The number of hydrogen-bond acceptors (Lipinski definition) is 6. The summed E-state index contributed by atoms with van der Waals surface area (Å²) in [6, 6.07) is 18.4. The first kappa shape index (κ1) is 23.0. The number of aromatic nitrogens is 1. The number of carbonyl (C=O) groups excluding carboxylic acids is 1. The molecule has 0 radical (unpaired) electrons. The summed E-state index contributed by atoms with van der Waals surface area (Å²) in [6.07, 6.45) is 3.52. The maximum absolute atomic E-state index is 12.5. The Kier molecular flexibility index (Phi) is 7.75. The molecule has 2 aromatic carbocycles. The highest BCUT2D eigenvalue weighted by atomic mass is 16.5. The Hall–Kier alpha value is -3.16. The van der Waals surface area contributed by atoms with Crippen molar-refractivity contribution in [2.24, 2.45) is 0 Å². The van der Waals surface area contributed by atoms with Crippen LogP contribution in [0, 0.1) is 0 Å². The van der Waals surface area contributed by atoms with Crippen LogP contribution < -0.4 is 10.1 Å². The van der Waals surface area contributed by atoms with Gasteiger partial charge in [-0.3, -0.25) is 9.69 Å². The molecule has 0 saturated carbocycles. The van der Waals surface area contributed by atoms with E-state index < -0.39 is 0 Å². The second kappa shape index (κ2) is 11.1. The van der Waals surface area contributed by atoms with Gasteiger partial charge in [0.15, 0.2) is 5.69 Å². The van der Waals surface area contributed by atoms with Gasteiger partial charge in [0.1, 0.15) is 12.0 Å². The van der Waals surface area contributed by atoms with Crippen molar-refractivity contribution in [3.05, 3.63) is 83.6 Å². The third-order valence-corrected chi connectivity index (χ3v) is 6.03. The SMILES string of the molecule is COc1ccccc1CN(Cc1nc(C(=O)NC[C@H]2CCCO2)co1)[C@@H](C)c1ccccc1. The molecule has 2 heterocycles. The number of hydrogen-bond donors (Lipinski definition) is 1. The summed E-state index contributed by atoms with van der Waals surface area (Å²) in [4.78, 5) is 19.2. The van der Waals surface area contributed by atoms with E-state index in [1.165, 1.54) is 11.8 Å². The lowest BCUT2D eigenvalue weighted by atomic mass is 10.1. The van der Waals surface area contributed by atoms with Gasteiger partial charge in [-0.25, -0.2) is 4.98 Å². The molecule has 1 aromatic heterocycles. The van der Waals surface area contributed by atoms with Crippen LogP contribution in [-0.2, 0) is 17.8 Å². The highest BCUT2D eigenvalue weighted by Gasteiger charge is 2.22. The monoisotopic (exact) mass is 449 g/mol. The number of carbonyl (C=O) groups is 1. The molecule has 7 heteroatoms. The zero-order valence-corrected chi connectivity index (χ0v) is 19.2. The normalized spacial score (nSPS) is 16.6. The van der Waals surface area contributed by atoms with Crippen LogP contribution in [-0.4, -0.2) is 42.2 Å². The van der Waals surface area contributed by atoms with Crippen LogP contribution in [0.1, 0.15) is 53.3 Å². The minimum absolute atomic E-state index is 0.0865. The Bertz CT molecular complexity index is 1030. The van der Waals surface area contributed by atoms with Crippen LogP contribution in [0.2, 0.25) is 0 Å². The van der Waals surface area contributed by atoms with Crippen molar-refractivity contribution >= 4 is 5.91 Å². The van der Waals surface area contributed by atoms with E-state index in [-0.39, 0.29) is 23.7 Å². The predicted molar refractivity (Wildman–Crippen MR) is 125 cm³/mol. The van der Waals surface area contributed by atoms with Crippen molar-refractivity contribution in [3.8, 4) is 5.75 Å². The number of para-hydroxylation sites is 1. The summed E-state index contributed by atoms with van der Waals surface area (Å²) in [5, 5.41) is 2.89. The molecule has 0 bridgehead atoms. The van der Waals surface area contributed by atoms with E-state index >= 15 is 0 Å². The summed E-state index contributed by atoms with van der Waals surface area (Å²) in [5.74, 6) is 1.09. The number of benzene rings is 2. The average Bonchev–Trinajstić information content (AvgIpc) is 3.55. The Morgan fingerprint density at radius 3 is 2.73 bits per heavy atom. The average molecular weight is 450 g/mol. The Morgan fingerprint density at radius 2 is 1.97 bits per heavy atom. The highest BCUT2D eigenvalue weighted by Crippen LogP contribution is 2.27. The van der Waals surface area contributed by atoms with Crippen LogP contribution in [0.15, 0.2) is 65.3 Å². The molecule has 1 amide bonds. The lowest BCUT2D eigenvalue weighted by molar-refractivity contribution is 0.0853. The maximum Gasteiger partial charge on any atom is 0.273 e. The molecule has 3 aromatic rings. The maximum atomic E-state index is 12.5. The number of rotatable bonds is 10. The summed E-state index contributed by atoms with van der Waals surface area (Å²) >= 11 is 0. The van der Waals surface area contributed by atoms with Crippen molar-refractivity contribution in [2.45, 2.75) is 45.0 Å². The van der Waals surface area contributed by atoms with Crippen LogP contribution in [0.5, 0.6) is 5.75 Å². The van der Waals surface area contributed by atoms with E-state index in [9.17, 15) is 4.79 Å². The number of ether oxygens (including phenoxy) is 2. The quantitative estimate of drug-likeness (QED) is 0.496. The van der Waals surface area contributed by atoms with E-state index in [0.717, 1.165) is 30.8 Å². The molecule has 0 spiro atoms. The summed E-state index contributed by atoms with van der Waals surface area (Å²) < 4.78 is 16.8. The first-order valence-electron chi connectivity index (χ1n) is 11.4. The zero-order valence-electron chi connectivity index (χ0n) is 19.2. The van der Waals surface area contributed by atoms with Crippen molar-refractivity contribution in [1.82, 2.24) is 15.2 Å². The Balaban J connectivity index is 1.48. The first-order valence-corrected chi connectivity index (χ1v) is 11.4. The molecule has 0 unspecified atom stereocenters. The minimum atomic E-state index is -0.243. The van der Waals surface area contributed by atoms with E-state index in [1.807, 2.05) is 36.4 Å². The standard InChI is InChI=1S/C26H31N3O4/c1-19(20-9-4-3-5-10-20)29(16-21-11-6-7-13-24(21)31-2)17-25-28-23(18-33-25)26(30)27-15-22-12-8-14-32-22/h3-7,9-11,13,18-19,22H,8,12,14-17H2,1-2H3,(H,27,30)/t19-,22+/m0/s1. The second-order valence-corrected chi connectivity index (χ2v) is 8.28. The van der Waals surface area contributed by atoms with Gasteiger partial charge in [-0.15, -0.1) is 0 Å². The number of methoxy groups -OCH3 is 1. The molecule has 1 aliphatic rings. The van der Waals surface area contributed by atoms with E-state index in [1.54, 1.807) is 7.11 Å². The molecule has 1 aliphatic heterocycles. The number of amides is 1. The summed E-state index contributed by atoms with van der Waals surface area (Å²) in [7, 11) is 1.68. The fourth-order valence-electron chi connectivity index (χ4n) is 4.09. The Morgan fingerprint density at radius 1 is 1.18 bits per heavy atom. The van der Waals surface area contributed by atoms with Crippen molar-refractivity contribution in [1.29, 1.82) is 0 Å². The largest absolute Gasteiger partial charge is 0.496 e. The molecule has 4 rings (SSSR count). The van der Waals surface area contributed by atoms with Gasteiger partial charge in [-0.1, -0.05) is 48.5 Å². The number of nitrogens with zero attached hydrogens (tertiary/aromatic N) is 2. The van der Waals surface area contributed by atoms with Crippen molar-refractivity contribution in [3.63, 3.8) is 0 Å². The van der Waals surface area contributed by atoms with Gasteiger partial charge < -0.3 is 19.2 Å². The van der Waals surface area contributed by atoms with Gasteiger partial charge in [0.05, 0.1) is 19.8 Å². The van der Waals surface area contributed by atoms with Gasteiger partial charge in [-0.2, -0.15) is 0 Å². The summed E-state index contributed by atoms with van der Waals surface area (Å²) in [5.41, 5.74) is 2.55. The minimum Gasteiger partial charge on any atom is -0.496 e. The van der Waals surface area contributed by atoms with E-state index in [2.05, 4.69) is 40.3 Å². The van der Waals surface area contributed by atoms with Gasteiger partial charge in [0.25, 0.3) is 5.91 Å². The molecular weight excluding hydrogens is 418 g/mol. The van der Waals surface area contributed by atoms with Crippen LogP contribution in [0.25, 0.3) is 0 Å². The van der Waals surface area contributed by atoms with Crippen molar-refractivity contribution < 1.29 is 18.7 Å². The zero-order chi connectivity index (χ0) is 23.0. The number of oxazole rings is 1. The van der Waals surface area contributed by atoms with Crippen LogP contribution in [0.4, 0.5) is 0 Å². The molecule has 7 nitrogen and oxygen atoms in total. The lowest BCUT2D eigenvalue weighted by Gasteiger charge is -2.29. The molecule has 2 atom stereocenters. The molecule has 1 fully saturated rings. The molecule has 1 N–H and O–H groups in total. The second-order valence-electron chi connectivity index (χ2n) is 8.28. The highest BCUT2D eigenvalue weighted by molar-refractivity contribution is 5.91. The molecule has 33 heavy (non-hydrogen) atoms. The molecule has 0 aliphatic carbocycles.